The quantitative estimate of drug-likeness (QED) is 0.586. The molecule has 1 aromatic carbocycles. The Hall–Kier alpha value is -2.67. The molecule has 0 heterocycles. The highest BCUT2D eigenvalue weighted by Gasteiger charge is 2.17. The molecular formula is C14H17N3O4. The van der Waals surface area contributed by atoms with Crippen LogP contribution < -0.4 is 16.4 Å². The first-order valence-corrected chi connectivity index (χ1v) is 6.17. The molecule has 0 radical (unpaired) electrons. The molecule has 1 rings (SSSR count). The number of anilines is 2. The van der Waals surface area contributed by atoms with E-state index in [4.69, 9.17) is 10.8 Å². The second-order valence-corrected chi connectivity index (χ2v) is 4.37. The largest absolute Gasteiger partial charge is 0.478 e. The molecule has 1 aromatic rings. The zero-order chi connectivity index (χ0) is 16.0. The van der Waals surface area contributed by atoms with Crippen molar-refractivity contribution in [3.8, 4) is 0 Å². The fraction of sp³-hybridized carbons (Fsp3) is 0.214. The molecule has 112 valence electrons. The van der Waals surface area contributed by atoms with Crippen LogP contribution in [0, 0.1) is 0 Å². The highest BCUT2D eigenvalue weighted by molar-refractivity contribution is 6.03. The number of nitrogens with two attached hydrogens (primary N) is 1. The fourth-order valence-corrected chi connectivity index (χ4v) is 1.62. The van der Waals surface area contributed by atoms with Crippen LogP contribution in [0.15, 0.2) is 30.9 Å². The molecule has 7 heteroatoms. The molecule has 0 saturated carbocycles. The van der Waals surface area contributed by atoms with Crippen LogP contribution in [-0.4, -0.2) is 28.9 Å². The van der Waals surface area contributed by atoms with Crippen molar-refractivity contribution in [2.24, 2.45) is 5.73 Å². The molecule has 1 atom stereocenters. The fourth-order valence-electron chi connectivity index (χ4n) is 1.62. The van der Waals surface area contributed by atoms with Gasteiger partial charge >= 0.3 is 5.97 Å². The Morgan fingerprint density at radius 1 is 1.38 bits per heavy atom. The van der Waals surface area contributed by atoms with E-state index in [-0.39, 0.29) is 23.6 Å². The number of carboxylic acids is 1. The average molecular weight is 291 g/mol. The maximum atomic E-state index is 11.8. The predicted octanol–water partition coefficient (Wildman–Crippen LogP) is 1.19. The Kier molecular flexibility index (Phi) is 5.62. The summed E-state index contributed by atoms with van der Waals surface area (Å²) < 4.78 is 0. The number of nitrogens with one attached hydrogen (secondary N) is 2. The molecule has 1 unspecified atom stereocenters. The van der Waals surface area contributed by atoms with Gasteiger partial charge in [-0.3, -0.25) is 9.59 Å². The van der Waals surface area contributed by atoms with Crippen LogP contribution in [0.4, 0.5) is 11.4 Å². The van der Waals surface area contributed by atoms with Gasteiger partial charge in [-0.15, -0.1) is 6.58 Å². The van der Waals surface area contributed by atoms with Gasteiger partial charge in [-0.2, -0.15) is 0 Å². The first-order chi connectivity index (χ1) is 9.85. The number of carbonyl (C=O) groups is 3. The lowest BCUT2D eigenvalue weighted by molar-refractivity contribution is -0.117. The number of hydrogen-bond acceptors (Lipinski definition) is 4. The number of amides is 2. The molecule has 0 aliphatic carbocycles. The van der Waals surface area contributed by atoms with Gasteiger partial charge in [0, 0.05) is 12.6 Å². The molecule has 0 spiro atoms. The van der Waals surface area contributed by atoms with Crippen LogP contribution in [0.2, 0.25) is 0 Å². The maximum absolute atomic E-state index is 11.8. The second-order valence-electron chi connectivity index (χ2n) is 4.37. The van der Waals surface area contributed by atoms with Crippen LogP contribution in [0.5, 0.6) is 0 Å². The first kappa shape index (κ1) is 16.4. The lowest BCUT2D eigenvalue weighted by Gasteiger charge is -2.13. The Morgan fingerprint density at radius 2 is 2.05 bits per heavy atom. The minimum Gasteiger partial charge on any atom is -0.478 e. The first-order valence-electron chi connectivity index (χ1n) is 6.17. The summed E-state index contributed by atoms with van der Waals surface area (Å²) in [6.45, 7) is 4.79. The molecule has 0 saturated heterocycles. The summed E-state index contributed by atoms with van der Waals surface area (Å²) in [7, 11) is 0. The number of carboxylic acid groups (broad SMARTS) is 1. The molecule has 0 aromatic heterocycles. The Labute approximate surface area is 121 Å². The van der Waals surface area contributed by atoms with E-state index in [9.17, 15) is 14.4 Å². The Bertz CT molecular complexity index is 584. The van der Waals surface area contributed by atoms with Crippen molar-refractivity contribution in [1.29, 1.82) is 0 Å². The van der Waals surface area contributed by atoms with Gasteiger partial charge in [0.05, 0.1) is 17.3 Å². The number of carbonyl (C=O) groups excluding carboxylic acids is 2. The highest BCUT2D eigenvalue weighted by atomic mass is 16.4. The van der Waals surface area contributed by atoms with Crippen molar-refractivity contribution in [3.05, 3.63) is 36.4 Å². The summed E-state index contributed by atoms with van der Waals surface area (Å²) in [5.41, 5.74) is 5.91. The van der Waals surface area contributed by atoms with E-state index in [1.165, 1.54) is 31.2 Å². The van der Waals surface area contributed by atoms with Gasteiger partial charge in [0.1, 0.15) is 0 Å². The lowest BCUT2D eigenvalue weighted by atomic mass is 10.1. The Morgan fingerprint density at radius 3 is 2.57 bits per heavy atom. The van der Waals surface area contributed by atoms with Crippen molar-refractivity contribution in [3.63, 3.8) is 0 Å². The summed E-state index contributed by atoms with van der Waals surface area (Å²) in [5, 5.41) is 14.1. The van der Waals surface area contributed by atoms with E-state index in [1.807, 2.05) is 0 Å². The van der Waals surface area contributed by atoms with Crippen LogP contribution in [0.1, 0.15) is 23.7 Å². The summed E-state index contributed by atoms with van der Waals surface area (Å²) in [4.78, 5) is 34.0. The molecule has 5 N–H and O–H groups in total. The van der Waals surface area contributed by atoms with E-state index in [0.717, 1.165) is 0 Å². The molecular weight excluding hydrogens is 274 g/mol. The summed E-state index contributed by atoms with van der Waals surface area (Å²) >= 11 is 0. The zero-order valence-electron chi connectivity index (χ0n) is 11.6. The molecule has 21 heavy (non-hydrogen) atoms. The van der Waals surface area contributed by atoms with E-state index in [0.29, 0.717) is 5.69 Å². The normalized spacial score (nSPS) is 11.3. The summed E-state index contributed by atoms with van der Waals surface area (Å²) in [6, 6.07) is 3.34. The number of hydrogen-bond donors (Lipinski definition) is 4. The molecule has 2 amide bonds. The van der Waals surface area contributed by atoms with Crippen LogP contribution in [0.3, 0.4) is 0 Å². The smallest absolute Gasteiger partial charge is 0.337 e. The minimum absolute atomic E-state index is 0.112. The lowest BCUT2D eigenvalue weighted by Crippen LogP contribution is -2.35. The van der Waals surface area contributed by atoms with E-state index >= 15 is 0 Å². The summed E-state index contributed by atoms with van der Waals surface area (Å²) in [5.74, 6) is -2.06. The van der Waals surface area contributed by atoms with Gasteiger partial charge in [-0.05, 0) is 24.6 Å². The van der Waals surface area contributed by atoms with Gasteiger partial charge < -0.3 is 21.5 Å². The number of rotatable bonds is 6. The third kappa shape index (κ3) is 4.73. The molecule has 0 aliphatic heterocycles. The average Bonchev–Trinajstić information content (AvgIpc) is 2.39. The van der Waals surface area contributed by atoms with Crippen molar-refractivity contribution in [2.75, 3.05) is 10.6 Å². The predicted molar refractivity (Wildman–Crippen MR) is 79.1 cm³/mol. The molecule has 0 bridgehead atoms. The molecule has 0 aliphatic rings. The van der Waals surface area contributed by atoms with Crippen molar-refractivity contribution in [2.45, 2.75) is 19.4 Å². The van der Waals surface area contributed by atoms with E-state index in [2.05, 4.69) is 17.2 Å². The number of benzene rings is 1. The van der Waals surface area contributed by atoms with Crippen LogP contribution in [0.25, 0.3) is 0 Å². The minimum atomic E-state index is -1.23. The van der Waals surface area contributed by atoms with Crippen LogP contribution in [-0.2, 0) is 9.59 Å². The van der Waals surface area contributed by atoms with Gasteiger partial charge in [-0.25, -0.2) is 4.79 Å². The van der Waals surface area contributed by atoms with Crippen molar-refractivity contribution in [1.82, 2.24) is 0 Å². The van der Waals surface area contributed by atoms with Gasteiger partial charge in [0.25, 0.3) is 0 Å². The van der Waals surface area contributed by atoms with Crippen LogP contribution >= 0.6 is 0 Å². The SMILES string of the molecule is C=CCC(N)C(=O)Nc1ccc(NC(C)=O)cc1C(=O)O. The van der Waals surface area contributed by atoms with Crippen molar-refractivity contribution < 1.29 is 19.5 Å². The number of aromatic carboxylic acids is 1. The Balaban J connectivity index is 3.01. The second kappa shape index (κ2) is 7.20. The summed E-state index contributed by atoms with van der Waals surface area (Å²) in [6.07, 6.45) is 1.78. The third-order valence-electron chi connectivity index (χ3n) is 2.59. The van der Waals surface area contributed by atoms with E-state index in [1.54, 1.807) is 0 Å². The third-order valence-corrected chi connectivity index (χ3v) is 2.59. The van der Waals surface area contributed by atoms with Gasteiger partial charge in [0.2, 0.25) is 11.8 Å². The highest BCUT2D eigenvalue weighted by Crippen LogP contribution is 2.21. The maximum Gasteiger partial charge on any atom is 0.337 e. The standard InChI is InChI=1S/C14H17N3O4/c1-3-4-11(15)13(19)17-12-6-5-9(16-8(2)18)7-10(12)14(20)21/h3,5-7,11H,1,4,15H2,2H3,(H,16,18)(H,17,19)(H,20,21). The monoisotopic (exact) mass is 291 g/mol. The zero-order valence-corrected chi connectivity index (χ0v) is 11.6. The molecule has 7 nitrogen and oxygen atoms in total. The topological polar surface area (TPSA) is 122 Å². The van der Waals surface area contributed by atoms with Crippen molar-refractivity contribution >= 4 is 29.2 Å². The van der Waals surface area contributed by atoms with E-state index < -0.39 is 17.9 Å². The molecule has 0 fully saturated rings. The van der Waals surface area contributed by atoms with Gasteiger partial charge in [-0.1, -0.05) is 6.08 Å². The van der Waals surface area contributed by atoms with Gasteiger partial charge in [0.15, 0.2) is 0 Å².